The van der Waals surface area contributed by atoms with E-state index in [-0.39, 0.29) is 6.61 Å². The van der Waals surface area contributed by atoms with Crippen LogP contribution in [0.5, 0.6) is 0 Å². The number of nitrogens with zero attached hydrogens (tertiary/aromatic N) is 2. The highest BCUT2D eigenvalue weighted by Crippen LogP contribution is 2.09. The highest BCUT2D eigenvalue weighted by Gasteiger charge is 2.06. The van der Waals surface area contributed by atoms with Gasteiger partial charge in [-0.2, -0.15) is 0 Å². The highest BCUT2D eigenvalue weighted by atomic mass is 16.5. The summed E-state index contributed by atoms with van der Waals surface area (Å²) in [6.07, 6.45) is 2.90. The summed E-state index contributed by atoms with van der Waals surface area (Å²) < 4.78 is 5.09. The Kier molecular flexibility index (Phi) is 8.13. The summed E-state index contributed by atoms with van der Waals surface area (Å²) in [5, 5.41) is 12.4. The zero-order chi connectivity index (χ0) is 13.9. The van der Waals surface area contributed by atoms with Crippen molar-refractivity contribution in [3.63, 3.8) is 0 Å². The van der Waals surface area contributed by atoms with E-state index in [2.05, 4.69) is 28.2 Å². The average Bonchev–Trinajstić information content (AvgIpc) is 2.43. The lowest BCUT2D eigenvalue weighted by Gasteiger charge is -2.21. The molecule has 0 amide bonds. The summed E-state index contributed by atoms with van der Waals surface area (Å²) >= 11 is 0. The van der Waals surface area contributed by atoms with Crippen molar-refractivity contribution in [3.05, 3.63) is 23.9 Å². The highest BCUT2D eigenvalue weighted by molar-refractivity contribution is 5.37. The van der Waals surface area contributed by atoms with Crippen LogP contribution in [0.25, 0.3) is 0 Å². The van der Waals surface area contributed by atoms with Gasteiger partial charge in [0.25, 0.3) is 0 Å². The van der Waals surface area contributed by atoms with E-state index in [9.17, 15) is 0 Å². The molecule has 108 valence electrons. The van der Waals surface area contributed by atoms with Gasteiger partial charge in [-0.25, -0.2) is 4.98 Å². The van der Waals surface area contributed by atoms with Gasteiger partial charge in [0.05, 0.1) is 13.2 Å². The zero-order valence-electron chi connectivity index (χ0n) is 11.9. The minimum absolute atomic E-state index is 0.162. The van der Waals surface area contributed by atoms with Crippen molar-refractivity contribution in [2.45, 2.75) is 19.9 Å². The molecule has 1 aromatic heterocycles. The Morgan fingerprint density at radius 3 is 2.95 bits per heavy atom. The maximum Gasteiger partial charge on any atom is 0.126 e. The van der Waals surface area contributed by atoms with Crippen molar-refractivity contribution in [1.82, 2.24) is 9.88 Å². The summed E-state index contributed by atoms with van der Waals surface area (Å²) in [5.41, 5.74) is 1.19. The lowest BCUT2D eigenvalue weighted by Crippen LogP contribution is -2.29. The van der Waals surface area contributed by atoms with Gasteiger partial charge >= 0.3 is 0 Å². The third-order valence-corrected chi connectivity index (χ3v) is 2.81. The Morgan fingerprint density at radius 1 is 1.42 bits per heavy atom. The second kappa shape index (κ2) is 9.72. The van der Waals surface area contributed by atoms with Gasteiger partial charge in [-0.3, -0.25) is 4.90 Å². The minimum atomic E-state index is 0.162. The number of pyridine rings is 1. The molecule has 0 atom stereocenters. The maximum atomic E-state index is 9.08. The van der Waals surface area contributed by atoms with Crippen LogP contribution in [0.3, 0.4) is 0 Å². The summed E-state index contributed by atoms with van der Waals surface area (Å²) in [6, 6.07) is 4.07. The number of aromatic nitrogens is 1. The van der Waals surface area contributed by atoms with E-state index in [0.29, 0.717) is 13.2 Å². The first-order chi connectivity index (χ1) is 9.30. The SMILES string of the molecule is CCCNc1cc(CN(CCO)CCOC)ccn1. The van der Waals surface area contributed by atoms with Crippen LogP contribution in [-0.2, 0) is 11.3 Å². The first-order valence-electron chi connectivity index (χ1n) is 6.81. The number of aliphatic hydroxyl groups is 1. The van der Waals surface area contributed by atoms with Crippen LogP contribution < -0.4 is 5.32 Å². The fourth-order valence-electron chi connectivity index (χ4n) is 1.81. The summed E-state index contributed by atoms with van der Waals surface area (Å²) in [5.74, 6) is 0.912. The van der Waals surface area contributed by atoms with Gasteiger partial charge in [0.2, 0.25) is 0 Å². The molecule has 0 saturated carbocycles. The molecule has 1 heterocycles. The molecule has 0 aliphatic carbocycles. The lowest BCUT2D eigenvalue weighted by molar-refractivity contribution is 0.127. The lowest BCUT2D eigenvalue weighted by atomic mass is 10.2. The first-order valence-corrected chi connectivity index (χ1v) is 6.81. The second-order valence-corrected chi connectivity index (χ2v) is 4.47. The molecule has 19 heavy (non-hydrogen) atoms. The van der Waals surface area contributed by atoms with Crippen LogP contribution in [0.15, 0.2) is 18.3 Å². The molecule has 0 unspecified atom stereocenters. The molecule has 0 spiro atoms. The van der Waals surface area contributed by atoms with Crippen LogP contribution in [0.1, 0.15) is 18.9 Å². The molecular weight excluding hydrogens is 242 g/mol. The molecule has 2 N–H and O–H groups in total. The predicted octanol–water partition coefficient (Wildman–Crippen LogP) is 1.34. The molecule has 0 bridgehead atoms. The number of rotatable bonds is 10. The first kappa shape index (κ1) is 15.9. The van der Waals surface area contributed by atoms with Crippen LogP contribution in [0, 0.1) is 0 Å². The molecule has 5 heteroatoms. The van der Waals surface area contributed by atoms with Crippen LogP contribution >= 0.6 is 0 Å². The Balaban J connectivity index is 2.56. The van der Waals surface area contributed by atoms with E-state index in [1.165, 1.54) is 5.56 Å². The van der Waals surface area contributed by atoms with Crippen molar-refractivity contribution < 1.29 is 9.84 Å². The molecule has 0 saturated heterocycles. The number of ether oxygens (including phenoxy) is 1. The number of methoxy groups -OCH3 is 1. The van der Waals surface area contributed by atoms with Crippen molar-refractivity contribution in [2.24, 2.45) is 0 Å². The summed E-state index contributed by atoms with van der Waals surface area (Å²) in [4.78, 5) is 6.46. The monoisotopic (exact) mass is 267 g/mol. The van der Waals surface area contributed by atoms with Gasteiger partial charge in [-0.05, 0) is 24.1 Å². The Hall–Kier alpha value is -1.17. The van der Waals surface area contributed by atoms with E-state index < -0.39 is 0 Å². The number of nitrogens with one attached hydrogen (secondary N) is 1. The van der Waals surface area contributed by atoms with Gasteiger partial charge in [0, 0.05) is 39.5 Å². The van der Waals surface area contributed by atoms with Crippen molar-refractivity contribution in [3.8, 4) is 0 Å². The van der Waals surface area contributed by atoms with Crippen molar-refractivity contribution >= 4 is 5.82 Å². The van der Waals surface area contributed by atoms with Crippen LogP contribution in [0.2, 0.25) is 0 Å². The van der Waals surface area contributed by atoms with Gasteiger partial charge in [-0.1, -0.05) is 6.92 Å². The van der Waals surface area contributed by atoms with E-state index in [0.717, 1.165) is 31.9 Å². The average molecular weight is 267 g/mol. The maximum absolute atomic E-state index is 9.08. The molecule has 1 aromatic rings. The third kappa shape index (κ3) is 6.52. The van der Waals surface area contributed by atoms with Gasteiger partial charge in [-0.15, -0.1) is 0 Å². The summed E-state index contributed by atoms with van der Waals surface area (Å²) in [7, 11) is 1.69. The Labute approximate surface area is 115 Å². The molecule has 0 aromatic carbocycles. The number of aliphatic hydroxyl groups excluding tert-OH is 1. The van der Waals surface area contributed by atoms with Gasteiger partial charge in [0.15, 0.2) is 0 Å². The smallest absolute Gasteiger partial charge is 0.126 e. The van der Waals surface area contributed by atoms with Crippen molar-refractivity contribution in [1.29, 1.82) is 0 Å². The second-order valence-electron chi connectivity index (χ2n) is 4.47. The molecule has 0 aliphatic rings. The number of hydrogen-bond acceptors (Lipinski definition) is 5. The molecule has 5 nitrogen and oxygen atoms in total. The van der Waals surface area contributed by atoms with E-state index in [4.69, 9.17) is 9.84 Å². The molecule has 0 aliphatic heterocycles. The Bertz CT molecular complexity index is 347. The van der Waals surface area contributed by atoms with Gasteiger partial charge in [0.1, 0.15) is 5.82 Å². The predicted molar refractivity (Wildman–Crippen MR) is 77.3 cm³/mol. The van der Waals surface area contributed by atoms with Crippen LogP contribution in [-0.4, -0.2) is 54.9 Å². The number of hydrogen-bond donors (Lipinski definition) is 2. The normalized spacial score (nSPS) is 10.9. The fraction of sp³-hybridized carbons (Fsp3) is 0.643. The minimum Gasteiger partial charge on any atom is -0.395 e. The van der Waals surface area contributed by atoms with Crippen molar-refractivity contribution in [2.75, 3.05) is 45.3 Å². The quantitative estimate of drug-likeness (QED) is 0.670. The molecular formula is C14H25N3O2. The van der Waals surface area contributed by atoms with E-state index >= 15 is 0 Å². The molecule has 1 rings (SSSR count). The number of anilines is 1. The third-order valence-electron chi connectivity index (χ3n) is 2.81. The fourth-order valence-corrected chi connectivity index (χ4v) is 1.81. The van der Waals surface area contributed by atoms with E-state index in [1.54, 1.807) is 7.11 Å². The Morgan fingerprint density at radius 2 is 2.26 bits per heavy atom. The topological polar surface area (TPSA) is 57.6 Å². The standard InChI is InChI=1S/C14H25N3O2/c1-3-5-15-14-11-13(4-6-16-14)12-17(7-9-18)8-10-19-2/h4,6,11,18H,3,5,7-10,12H2,1-2H3,(H,15,16). The van der Waals surface area contributed by atoms with E-state index in [1.807, 2.05) is 12.3 Å². The molecule has 0 radical (unpaired) electrons. The van der Waals surface area contributed by atoms with Gasteiger partial charge < -0.3 is 15.2 Å². The largest absolute Gasteiger partial charge is 0.395 e. The summed E-state index contributed by atoms with van der Waals surface area (Å²) in [6.45, 7) is 6.17. The van der Waals surface area contributed by atoms with Crippen LogP contribution in [0.4, 0.5) is 5.82 Å². The molecule has 0 fully saturated rings. The zero-order valence-corrected chi connectivity index (χ0v) is 11.9.